The van der Waals surface area contributed by atoms with Crippen LogP contribution < -0.4 is 10.6 Å². The third-order valence-corrected chi connectivity index (χ3v) is 5.50. The molecule has 0 saturated carbocycles. The van der Waals surface area contributed by atoms with Gasteiger partial charge in [-0.3, -0.25) is 9.59 Å². The van der Waals surface area contributed by atoms with Gasteiger partial charge in [-0.15, -0.1) is 11.8 Å². The summed E-state index contributed by atoms with van der Waals surface area (Å²) in [6.45, 7) is 7.37. The molecular weight excluding hydrogens is 376 g/mol. The van der Waals surface area contributed by atoms with Crippen LogP contribution in [0.25, 0.3) is 0 Å². The lowest BCUT2D eigenvalue weighted by atomic mass is 10.0. The summed E-state index contributed by atoms with van der Waals surface area (Å²) in [5, 5.41) is 5.58. The standard InChI is InChI=1S/C21H22N2O4S/c1-11-7-12(2)19(13(3)8-11)23-20(25)14(4)27-21(26)15-5-6-17-16(9-15)22-18(24)10-28-17/h5-9,14H,10H2,1-4H3,(H,22,24)(H,23,25). The van der Waals surface area contributed by atoms with Crippen LogP contribution in [0, 0.1) is 20.8 Å². The molecule has 1 atom stereocenters. The number of esters is 1. The van der Waals surface area contributed by atoms with Crippen molar-refractivity contribution in [1.29, 1.82) is 0 Å². The highest BCUT2D eigenvalue weighted by Gasteiger charge is 2.22. The number of carbonyl (C=O) groups is 3. The van der Waals surface area contributed by atoms with Crippen LogP contribution in [0.5, 0.6) is 0 Å². The van der Waals surface area contributed by atoms with E-state index in [2.05, 4.69) is 10.6 Å². The Hall–Kier alpha value is -2.80. The van der Waals surface area contributed by atoms with Gasteiger partial charge >= 0.3 is 5.97 Å². The Bertz CT molecular complexity index is 948. The summed E-state index contributed by atoms with van der Waals surface area (Å²) in [4.78, 5) is 37.3. The summed E-state index contributed by atoms with van der Waals surface area (Å²) in [7, 11) is 0. The number of hydrogen-bond donors (Lipinski definition) is 2. The molecule has 0 aliphatic carbocycles. The van der Waals surface area contributed by atoms with Crippen LogP contribution in [0.2, 0.25) is 0 Å². The summed E-state index contributed by atoms with van der Waals surface area (Å²) < 4.78 is 5.32. The number of nitrogens with one attached hydrogen (secondary N) is 2. The number of rotatable bonds is 4. The lowest BCUT2D eigenvalue weighted by Crippen LogP contribution is -2.30. The van der Waals surface area contributed by atoms with Crippen LogP contribution in [0.15, 0.2) is 35.2 Å². The van der Waals surface area contributed by atoms with Crippen molar-refractivity contribution in [3.8, 4) is 0 Å². The van der Waals surface area contributed by atoms with E-state index >= 15 is 0 Å². The zero-order valence-corrected chi connectivity index (χ0v) is 17.0. The Morgan fingerprint density at radius 1 is 1.14 bits per heavy atom. The summed E-state index contributed by atoms with van der Waals surface area (Å²) in [6.07, 6.45) is -0.965. The van der Waals surface area contributed by atoms with E-state index in [1.807, 2.05) is 32.9 Å². The molecule has 2 aromatic rings. The third kappa shape index (κ3) is 4.36. The second-order valence-corrected chi connectivity index (χ2v) is 7.88. The molecule has 1 heterocycles. The molecule has 7 heteroatoms. The molecule has 1 aliphatic heterocycles. The van der Waals surface area contributed by atoms with Gasteiger partial charge in [-0.1, -0.05) is 17.7 Å². The molecule has 6 nitrogen and oxygen atoms in total. The summed E-state index contributed by atoms with van der Waals surface area (Å²) in [5.74, 6) is -0.774. The first kappa shape index (κ1) is 19.9. The predicted octanol–water partition coefficient (Wildman–Crippen LogP) is 3.84. The van der Waals surface area contributed by atoms with E-state index in [1.165, 1.54) is 18.7 Å². The lowest BCUT2D eigenvalue weighted by Gasteiger charge is -2.18. The van der Waals surface area contributed by atoms with E-state index in [1.54, 1.807) is 18.2 Å². The molecule has 1 unspecified atom stereocenters. The smallest absolute Gasteiger partial charge is 0.338 e. The van der Waals surface area contributed by atoms with Crippen molar-refractivity contribution >= 4 is 40.9 Å². The van der Waals surface area contributed by atoms with Gasteiger partial charge in [0.05, 0.1) is 17.0 Å². The number of aryl methyl sites for hydroxylation is 3. The van der Waals surface area contributed by atoms with Gasteiger partial charge in [0.25, 0.3) is 5.91 Å². The van der Waals surface area contributed by atoms with Crippen molar-refractivity contribution < 1.29 is 19.1 Å². The largest absolute Gasteiger partial charge is 0.449 e. The molecule has 2 aromatic carbocycles. The fourth-order valence-electron chi connectivity index (χ4n) is 3.09. The highest BCUT2D eigenvalue weighted by Crippen LogP contribution is 2.32. The molecular formula is C21H22N2O4S. The normalized spacial score (nSPS) is 13.9. The molecule has 0 spiro atoms. The van der Waals surface area contributed by atoms with E-state index in [0.29, 0.717) is 11.4 Å². The first-order valence-corrected chi connectivity index (χ1v) is 9.89. The van der Waals surface area contributed by atoms with Crippen molar-refractivity contribution in [2.75, 3.05) is 16.4 Å². The number of benzene rings is 2. The first-order chi connectivity index (χ1) is 13.2. The van der Waals surface area contributed by atoms with Gasteiger partial charge in [-0.2, -0.15) is 0 Å². The van der Waals surface area contributed by atoms with Crippen LogP contribution in [0.1, 0.15) is 34.0 Å². The van der Waals surface area contributed by atoms with E-state index in [0.717, 1.165) is 27.3 Å². The topological polar surface area (TPSA) is 84.5 Å². The fourth-order valence-corrected chi connectivity index (χ4v) is 3.88. The quantitative estimate of drug-likeness (QED) is 0.765. The van der Waals surface area contributed by atoms with Crippen molar-refractivity contribution in [3.05, 3.63) is 52.6 Å². The average molecular weight is 398 g/mol. The zero-order valence-electron chi connectivity index (χ0n) is 16.2. The minimum atomic E-state index is -0.965. The number of carbonyl (C=O) groups excluding carboxylic acids is 3. The van der Waals surface area contributed by atoms with Gasteiger partial charge in [0, 0.05) is 10.6 Å². The van der Waals surface area contributed by atoms with Crippen molar-refractivity contribution in [2.24, 2.45) is 0 Å². The highest BCUT2D eigenvalue weighted by molar-refractivity contribution is 8.00. The number of amides is 2. The van der Waals surface area contributed by atoms with Gasteiger partial charge in [0.15, 0.2) is 6.10 Å². The summed E-state index contributed by atoms with van der Waals surface area (Å²) >= 11 is 1.41. The molecule has 3 rings (SSSR count). The summed E-state index contributed by atoms with van der Waals surface area (Å²) in [5.41, 5.74) is 4.61. The number of anilines is 2. The molecule has 1 aliphatic rings. The molecule has 0 fully saturated rings. The Balaban J connectivity index is 1.68. The number of thioether (sulfide) groups is 1. The maximum atomic E-state index is 12.5. The monoisotopic (exact) mass is 398 g/mol. The minimum absolute atomic E-state index is 0.111. The van der Waals surface area contributed by atoms with Crippen molar-refractivity contribution in [1.82, 2.24) is 0 Å². The lowest BCUT2D eigenvalue weighted by molar-refractivity contribution is -0.123. The van der Waals surface area contributed by atoms with Crippen LogP contribution in [0.4, 0.5) is 11.4 Å². The summed E-state index contributed by atoms with van der Waals surface area (Å²) in [6, 6.07) is 8.93. The average Bonchev–Trinajstić information content (AvgIpc) is 2.63. The Labute approximate surface area is 168 Å². The van der Waals surface area contributed by atoms with Crippen molar-refractivity contribution in [3.63, 3.8) is 0 Å². The van der Waals surface area contributed by atoms with E-state index in [9.17, 15) is 14.4 Å². The van der Waals surface area contributed by atoms with Gasteiger partial charge in [0.1, 0.15) is 0 Å². The zero-order chi connectivity index (χ0) is 20.4. The maximum absolute atomic E-state index is 12.5. The maximum Gasteiger partial charge on any atom is 0.338 e. The molecule has 0 radical (unpaired) electrons. The van der Waals surface area contributed by atoms with Crippen LogP contribution in [-0.4, -0.2) is 29.6 Å². The van der Waals surface area contributed by atoms with Gasteiger partial charge in [0.2, 0.25) is 5.91 Å². The second-order valence-electron chi connectivity index (χ2n) is 6.86. The van der Waals surface area contributed by atoms with Gasteiger partial charge in [-0.25, -0.2) is 4.79 Å². The number of ether oxygens (including phenoxy) is 1. The van der Waals surface area contributed by atoms with Crippen LogP contribution in [-0.2, 0) is 14.3 Å². The second kappa shape index (κ2) is 8.06. The highest BCUT2D eigenvalue weighted by atomic mass is 32.2. The molecule has 146 valence electrons. The SMILES string of the molecule is Cc1cc(C)c(NC(=O)C(C)OC(=O)c2ccc3c(c2)NC(=O)CS3)c(C)c1. The van der Waals surface area contributed by atoms with Crippen LogP contribution >= 0.6 is 11.8 Å². The molecule has 2 N–H and O–H groups in total. The van der Waals surface area contributed by atoms with E-state index < -0.39 is 18.0 Å². The van der Waals surface area contributed by atoms with Gasteiger partial charge < -0.3 is 15.4 Å². The van der Waals surface area contributed by atoms with Gasteiger partial charge in [-0.05, 0) is 57.0 Å². The van der Waals surface area contributed by atoms with E-state index in [4.69, 9.17) is 4.74 Å². The molecule has 28 heavy (non-hydrogen) atoms. The predicted molar refractivity (Wildman–Crippen MR) is 110 cm³/mol. The Morgan fingerprint density at radius 2 is 1.82 bits per heavy atom. The van der Waals surface area contributed by atoms with E-state index in [-0.39, 0.29) is 11.5 Å². The molecule has 0 aromatic heterocycles. The molecule has 0 saturated heterocycles. The van der Waals surface area contributed by atoms with Crippen LogP contribution in [0.3, 0.4) is 0 Å². The number of fused-ring (bicyclic) bond motifs is 1. The minimum Gasteiger partial charge on any atom is -0.449 e. The third-order valence-electron chi connectivity index (χ3n) is 4.43. The number of hydrogen-bond acceptors (Lipinski definition) is 5. The fraction of sp³-hybridized carbons (Fsp3) is 0.286. The Kier molecular flexibility index (Phi) is 5.74. The molecule has 0 bridgehead atoms. The first-order valence-electron chi connectivity index (χ1n) is 8.91. The van der Waals surface area contributed by atoms with Crippen molar-refractivity contribution in [2.45, 2.75) is 38.7 Å². The Morgan fingerprint density at radius 3 is 2.50 bits per heavy atom. The molecule has 2 amide bonds.